The standard InChI is InChI=1S/C15H19ClN2O.ClH/c16-13-3-1-2-12-11(13)6-7-14(12)18-15(19)9-4-5-10(17)8-9;/h1-3,9-10,14H,4-8,17H2,(H,18,19);1H. The van der Waals surface area contributed by atoms with Gasteiger partial charge < -0.3 is 11.1 Å². The molecule has 110 valence electrons. The molecule has 3 unspecified atom stereocenters. The lowest BCUT2D eigenvalue weighted by atomic mass is 10.0. The topological polar surface area (TPSA) is 55.1 Å². The van der Waals surface area contributed by atoms with Crippen LogP contribution in [0.3, 0.4) is 0 Å². The third-order valence-corrected chi connectivity index (χ3v) is 4.73. The molecule has 2 aliphatic rings. The molecule has 0 saturated heterocycles. The summed E-state index contributed by atoms with van der Waals surface area (Å²) in [7, 11) is 0. The second-order valence-corrected chi connectivity index (χ2v) is 6.08. The van der Waals surface area contributed by atoms with Crippen LogP contribution in [0.5, 0.6) is 0 Å². The summed E-state index contributed by atoms with van der Waals surface area (Å²) in [6.07, 6.45) is 4.60. The minimum absolute atomic E-state index is 0. The number of hydrogen-bond acceptors (Lipinski definition) is 2. The first-order valence-corrected chi connectivity index (χ1v) is 7.36. The number of carbonyl (C=O) groups is 1. The SMILES string of the molecule is Cl.NC1CCC(C(=O)NC2CCc3c(Cl)cccc32)C1. The molecule has 1 aromatic rings. The quantitative estimate of drug-likeness (QED) is 0.881. The Morgan fingerprint density at radius 1 is 1.30 bits per heavy atom. The van der Waals surface area contributed by atoms with Gasteiger partial charge in [0.1, 0.15) is 0 Å². The number of hydrogen-bond donors (Lipinski definition) is 2. The molecule has 1 amide bonds. The Labute approximate surface area is 130 Å². The monoisotopic (exact) mass is 314 g/mol. The fourth-order valence-corrected chi connectivity index (χ4v) is 3.58. The number of amides is 1. The van der Waals surface area contributed by atoms with Crippen molar-refractivity contribution in [2.45, 2.75) is 44.2 Å². The maximum absolute atomic E-state index is 12.2. The summed E-state index contributed by atoms with van der Waals surface area (Å²) in [4.78, 5) is 12.2. The molecule has 5 heteroatoms. The van der Waals surface area contributed by atoms with E-state index in [0.29, 0.717) is 0 Å². The van der Waals surface area contributed by atoms with Gasteiger partial charge in [0.15, 0.2) is 0 Å². The fraction of sp³-hybridized carbons (Fsp3) is 0.533. The maximum Gasteiger partial charge on any atom is 0.223 e. The highest BCUT2D eigenvalue weighted by Gasteiger charge is 2.31. The molecule has 0 aliphatic heterocycles. The van der Waals surface area contributed by atoms with E-state index in [1.54, 1.807) is 0 Å². The second kappa shape index (κ2) is 6.33. The number of fused-ring (bicyclic) bond motifs is 1. The molecule has 0 heterocycles. The summed E-state index contributed by atoms with van der Waals surface area (Å²) in [5, 5.41) is 3.99. The van der Waals surface area contributed by atoms with Gasteiger partial charge in [0, 0.05) is 17.0 Å². The van der Waals surface area contributed by atoms with E-state index in [2.05, 4.69) is 11.4 Å². The van der Waals surface area contributed by atoms with Gasteiger partial charge in [0.05, 0.1) is 6.04 Å². The molecule has 1 saturated carbocycles. The number of halogens is 2. The van der Waals surface area contributed by atoms with Crippen molar-refractivity contribution < 1.29 is 4.79 Å². The van der Waals surface area contributed by atoms with Gasteiger partial charge >= 0.3 is 0 Å². The zero-order valence-electron chi connectivity index (χ0n) is 11.3. The molecule has 20 heavy (non-hydrogen) atoms. The lowest BCUT2D eigenvalue weighted by molar-refractivity contribution is -0.125. The Balaban J connectivity index is 0.00000147. The first-order valence-electron chi connectivity index (χ1n) is 6.98. The largest absolute Gasteiger partial charge is 0.349 e. The highest BCUT2D eigenvalue weighted by Crippen LogP contribution is 2.36. The van der Waals surface area contributed by atoms with Gasteiger partial charge in [-0.2, -0.15) is 0 Å². The normalized spacial score (nSPS) is 27.8. The Bertz CT molecular complexity index is 507. The van der Waals surface area contributed by atoms with Gasteiger partial charge in [-0.1, -0.05) is 23.7 Å². The number of nitrogens with two attached hydrogens (primary N) is 1. The third kappa shape index (κ3) is 2.95. The summed E-state index contributed by atoms with van der Waals surface area (Å²) >= 11 is 6.19. The molecule has 3 rings (SSSR count). The Morgan fingerprint density at radius 3 is 2.80 bits per heavy atom. The van der Waals surface area contributed by atoms with Gasteiger partial charge in [-0.05, 0) is 49.3 Å². The van der Waals surface area contributed by atoms with E-state index in [-0.39, 0.29) is 36.3 Å². The van der Waals surface area contributed by atoms with Crippen LogP contribution in [-0.2, 0) is 11.2 Å². The van der Waals surface area contributed by atoms with Crippen molar-refractivity contribution in [2.75, 3.05) is 0 Å². The minimum atomic E-state index is 0. The summed E-state index contributed by atoms with van der Waals surface area (Å²) in [6.45, 7) is 0. The van der Waals surface area contributed by atoms with Gasteiger partial charge in [-0.3, -0.25) is 4.79 Å². The summed E-state index contributed by atoms with van der Waals surface area (Å²) in [6, 6.07) is 6.26. The molecular formula is C15H20Cl2N2O. The second-order valence-electron chi connectivity index (χ2n) is 5.68. The molecular weight excluding hydrogens is 295 g/mol. The van der Waals surface area contributed by atoms with Crippen LogP contribution in [0.4, 0.5) is 0 Å². The van der Waals surface area contributed by atoms with Crippen LogP contribution in [0, 0.1) is 5.92 Å². The van der Waals surface area contributed by atoms with E-state index in [1.165, 1.54) is 11.1 Å². The zero-order valence-corrected chi connectivity index (χ0v) is 12.8. The van der Waals surface area contributed by atoms with Crippen LogP contribution >= 0.6 is 24.0 Å². The Morgan fingerprint density at radius 2 is 2.10 bits per heavy atom. The highest BCUT2D eigenvalue weighted by atomic mass is 35.5. The first-order chi connectivity index (χ1) is 9.15. The van der Waals surface area contributed by atoms with E-state index in [0.717, 1.165) is 37.1 Å². The number of rotatable bonds is 2. The average Bonchev–Trinajstić information content (AvgIpc) is 2.98. The van der Waals surface area contributed by atoms with Crippen LogP contribution in [0.15, 0.2) is 18.2 Å². The third-order valence-electron chi connectivity index (χ3n) is 4.37. The summed E-state index contributed by atoms with van der Waals surface area (Å²) in [5.41, 5.74) is 8.25. The van der Waals surface area contributed by atoms with Gasteiger partial charge in [-0.25, -0.2) is 0 Å². The molecule has 1 aromatic carbocycles. The van der Waals surface area contributed by atoms with Crippen LogP contribution in [0.1, 0.15) is 42.9 Å². The number of nitrogens with one attached hydrogen (secondary N) is 1. The van der Waals surface area contributed by atoms with Gasteiger partial charge in [-0.15, -0.1) is 12.4 Å². The van der Waals surface area contributed by atoms with Crippen molar-refractivity contribution in [1.82, 2.24) is 5.32 Å². The molecule has 3 nitrogen and oxygen atoms in total. The van der Waals surface area contributed by atoms with Crippen molar-refractivity contribution in [3.8, 4) is 0 Å². The van der Waals surface area contributed by atoms with Crippen molar-refractivity contribution in [3.63, 3.8) is 0 Å². The summed E-state index contributed by atoms with van der Waals surface area (Å²) in [5.74, 6) is 0.254. The smallest absolute Gasteiger partial charge is 0.223 e. The summed E-state index contributed by atoms with van der Waals surface area (Å²) < 4.78 is 0. The average molecular weight is 315 g/mol. The molecule has 0 radical (unpaired) electrons. The lowest BCUT2D eigenvalue weighted by Crippen LogP contribution is -2.32. The zero-order chi connectivity index (χ0) is 13.4. The van der Waals surface area contributed by atoms with E-state index in [1.807, 2.05) is 12.1 Å². The maximum atomic E-state index is 12.2. The lowest BCUT2D eigenvalue weighted by Gasteiger charge is -2.17. The van der Waals surface area contributed by atoms with Gasteiger partial charge in [0.2, 0.25) is 5.91 Å². The molecule has 3 atom stereocenters. The molecule has 3 N–H and O–H groups in total. The highest BCUT2D eigenvalue weighted by molar-refractivity contribution is 6.31. The van der Waals surface area contributed by atoms with Crippen molar-refractivity contribution >= 4 is 29.9 Å². The predicted molar refractivity (Wildman–Crippen MR) is 83.2 cm³/mol. The predicted octanol–water partition coefficient (Wildman–Crippen LogP) is 2.99. The molecule has 0 bridgehead atoms. The molecule has 2 aliphatic carbocycles. The van der Waals surface area contributed by atoms with Crippen LogP contribution in [-0.4, -0.2) is 11.9 Å². The van der Waals surface area contributed by atoms with Crippen LogP contribution < -0.4 is 11.1 Å². The van der Waals surface area contributed by atoms with Crippen LogP contribution in [0.25, 0.3) is 0 Å². The van der Waals surface area contributed by atoms with Crippen LogP contribution in [0.2, 0.25) is 5.02 Å². The van der Waals surface area contributed by atoms with Crippen molar-refractivity contribution in [1.29, 1.82) is 0 Å². The minimum Gasteiger partial charge on any atom is -0.349 e. The van der Waals surface area contributed by atoms with Crippen molar-refractivity contribution in [2.24, 2.45) is 11.7 Å². The number of carbonyl (C=O) groups excluding carboxylic acids is 1. The molecule has 0 aromatic heterocycles. The van der Waals surface area contributed by atoms with E-state index >= 15 is 0 Å². The Kier molecular flexibility index (Phi) is 4.95. The molecule has 0 spiro atoms. The number of benzene rings is 1. The van der Waals surface area contributed by atoms with E-state index < -0.39 is 0 Å². The molecule has 1 fully saturated rings. The Hall–Kier alpha value is -0.770. The van der Waals surface area contributed by atoms with Crippen molar-refractivity contribution in [3.05, 3.63) is 34.3 Å². The fourth-order valence-electron chi connectivity index (χ4n) is 3.30. The van der Waals surface area contributed by atoms with E-state index in [4.69, 9.17) is 17.3 Å². The van der Waals surface area contributed by atoms with E-state index in [9.17, 15) is 4.79 Å². The van der Waals surface area contributed by atoms with Gasteiger partial charge in [0.25, 0.3) is 0 Å². The first kappa shape index (κ1) is 15.6.